The quantitative estimate of drug-likeness (QED) is 0.723. The number of carbonyl (C=O) groups is 2. The number of hydrogen-bond donors (Lipinski definition) is 0. The first-order chi connectivity index (χ1) is 15.7. The van der Waals surface area contributed by atoms with Crippen molar-refractivity contribution < 1.29 is 14.3 Å². The maximum Gasteiger partial charge on any atom is 0.254 e. The summed E-state index contributed by atoms with van der Waals surface area (Å²) in [6.07, 6.45) is 6.53. The molecule has 0 aromatic heterocycles. The summed E-state index contributed by atoms with van der Waals surface area (Å²) in [5.41, 5.74) is 1.47. The number of rotatable bonds is 5. The van der Waals surface area contributed by atoms with E-state index in [1.165, 1.54) is 19.3 Å². The van der Waals surface area contributed by atoms with Gasteiger partial charge in [0.2, 0.25) is 5.91 Å². The molecule has 1 saturated carbocycles. The largest absolute Gasteiger partial charge is 0.490 e. The minimum absolute atomic E-state index is 0.0578. The van der Waals surface area contributed by atoms with Gasteiger partial charge in [0.1, 0.15) is 18.4 Å². The Morgan fingerprint density at radius 3 is 2.19 bits per heavy atom. The van der Waals surface area contributed by atoms with Gasteiger partial charge >= 0.3 is 0 Å². The van der Waals surface area contributed by atoms with Crippen LogP contribution in [0.5, 0.6) is 5.75 Å². The number of carbonyl (C=O) groups excluding carboxylic acids is 2. The molecule has 0 spiro atoms. The molecule has 5 rings (SSSR count). The van der Waals surface area contributed by atoms with Crippen molar-refractivity contribution in [1.82, 2.24) is 9.80 Å². The van der Waals surface area contributed by atoms with E-state index < -0.39 is 0 Å². The molecule has 0 N–H and O–H groups in total. The Balaban J connectivity index is 1.13. The van der Waals surface area contributed by atoms with E-state index in [1.54, 1.807) is 21.9 Å². The number of piperidine rings is 1. The van der Waals surface area contributed by atoms with E-state index in [0.717, 1.165) is 43.4 Å². The zero-order valence-electron chi connectivity index (χ0n) is 18.5. The number of nitrogens with zero attached hydrogens (tertiary/aromatic N) is 3. The fraction of sp³-hybridized carbons (Fsp3) is 0.462. The van der Waals surface area contributed by atoms with Gasteiger partial charge < -0.3 is 19.4 Å². The molecular formula is C26H31N3O3. The van der Waals surface area contributed by atoms with E-state index in [1.807, 2.05) is 42.5 Å². The lowest BCUT2D eigenvalue weighted by atomic mass is 9.90. The fourth-order valence-corrected chi connectivity index (χ4v) is 4.89. The van der Waals surface area contributed by atoms with Crippen molar-refractivity contribution in [3.8, 4) is 5.75 Å². The third kappa shape index (κ3) is 4.51. The first-order valence-electron chi connectivity index (χ1n) is 11.8. The molecule has 6 heteroatoms. The van der Waals surface area contributed by atoms with Crippen LogP contribution in [0, 0.1) is 0 Å². The van der Waals surface area contributed by atoms with Crippen LogP contribution >= 0.6 is 0 Å². The molecule has 2 aromatic rings. The van der Waals surface area contributed by atoms with Crippen molar-refractivity contribution in [2.45, 2.75) is 44.2 Å². The maximum absolute atomic E-state index is 12.8. The third-order valence-corrected chi connectivity index (χ3v) is 7.05. The second kappa shape index (κ2) is 9.33. The predicted molar refractivity (Wildman–Crippen MR) is 124 cm³/mol. The van der Waals surface area contributed by atoms with Crippen molar-refractivity contribution in [2.75, 3.05) is 37.6 Å². The van der Waals surface area contributed by atoms with Crippen molar-refractivity contribution in [3.63, 3.8) is 0 Å². The van der Waals surface area contributed by atoms with Crippen molar-refractivity contribution in [1.29, 1.82) is 0 Å². The van der Waals surface area contributed by atoms with Gasteiger partial charge in [-0.2, -0.15) is 0 Å². The molecule has 2 aliphatic heterocycles. The van der Waals surface area contributed by atoms with E-state index in [0.29, 0.717) is 18.7 Å². The van der Waals surface area contributed by atoms with Crippen LogP contribution in [0.15, 0.2) is 54.6 Å². The Bertz CT molecular complexity index is 935. The molecule has 2 aromatic carbocycles. The highest BCUT2D eigenvalue weighted by molar-refractivity contribution is 6.01. The van der Waals surface area contributed by atoms with Gasteiger partial charge in [0.05, 0.1) is 0 Å². The molecule has 2 saturated heterocycles. The van der Waals surface area contributed by atoms with Crippen molar-refractivity contribution >= 4 is 17.5 Å². The molecule has 3 fully saturated rings. The Morgan fingerprint density at radius 1 is 0.844 bits per heavy atom. The highest BCUT2D eigenvalue weighted by Crippen LogP contribution is 2.29. The molecule has 0 unspecified atom stereocenters. The third-order valence-electron chi connectivity index (χ3n) is 7.05. The molecule has 3 aliphatic rings. The standard InChI is InChI=1S/C26H31N3O3/c30-25-19-28(26(31)20-5-2-1-3-6-20)17-18-29(25)22-9-11-23(12-10-22)32-24-13-15-27(16-14-24)21-7-4-8-21/h1-3,5-6,9-12,21,24H,4,7-8,13-19H2. The minimum atomic E-state index is -0.0919. The maximum atomic E-state index is 12.8. The molecule has 6 nitrogen and oxygen atoms in total. The van der Waals surface area contributed by atoms with Gasteiger partial charge in [-0.1, -0.05) is 24.6 Å². The summed E-state index contributed by atoms with van der Waals surface area (Å²) in [4.78, 5) is 31.4. The highest BCUT2D eigenvalue weighted by atomic mass is 16.5. The van der Waals surface area contributed by atoms with Crippen LogP contribution in [0.4, 0.5) is 5.69 Å². The Morgan fingerprint density at radius 2 is 1.56 bits per heavy atom. The van der Waals surface area contributed by atoms with Crippen LogP contribution in [0.1, 0.15) is 42.5 Å². The molecule has 168 valence electrons. The van der Waals surface area contributed by atoms with Gasteiger partial charge in [0, 0.05) is 43.5 Å². The summed E-state index contributed by atoms with van der Waals surface area (Å²) in [5, 5.41) is 0. The first-order valence-corrected chi connectivity index (χ1v) is 11.8. The smallest absolute Gasteiger partial charge is 0.254 e. The molecule has 0 atom stereocenters. The zero-order valence-corrected chi connectivity index (χ0v) is 18.5. The number of hydrogen-bond acceptors (Lipinski definition) is 4. The van der Waals surface area contributed by atoms with Gasteiger partial charge in [-0.3, -0.25) is 9.59 Å². The van der Waals surface area contributed by atoms with E-state index in [2.05, 4.69) is 4.90 Å². The predicted octanol–water partition coefficient (Wildman–Crippen LogP) is 3.57. The number of piperazine rings is 1. The average Bonchev–Trinajstić information content (AvgIpc) is 2.80. The molecular weight excluding hydrogens is 402 g/mol. The molecule has 32 heavy (non-hydrogen) atoms. The lowest BCUT2D eigenvalue weighted by Crippen LogP contribution is -2.52. The van der Waals surface area contributed by atoms with Gasteiger partial charge in [0.15, 0.2) is 0 Å². The van der Waals surface area contributed by atoms with Gasteiger partial charge in [0.25, 0.3) is 5.91 Å². The number of likely N-dealkylation sites (tertiary alicyclic amines) is 1. The first kappa shape index (κ1) is 21.0. The van der Waals surface area contributed by atoms with Crippen LogP contribution in [-0.4, -0.2) is 66.5 Å². The molecule has 2 heterocycles. The van der Waals surface area contributed by atoms with E-state index in [9.17, 15) is 9.59 Å². The monoisotopic (exact) mass is 433 g/mol. The summed E-state index contributed by atoms with van der Waals surface area (Å²) < 4.78 is 6.22. The Kier molecular flexibility index (Phi) is 6.12. The number of benzene rings is 2. The summed E-state index contributed by atoms with van der Waals surface area (Å²) in [7, 11) is 0. The van der Waals surface area contributed by atoms with Gasteiger partial charge in [-0.05, 0) is 62.1 Å². The van der Waals surface area contributed by atoms with Crippen LogP contribution in [-0.2, 0) is 4.79 Å². The molecule has 1 aliphatic carbocycles. The lowest BCUT2D eigenvalue weighted by molar-refractivity contribution is -0.120. The second-order valence-corrected chi connectivity index (χ2v) is 9.07. The van der Waals surface area contributed by atoms with Gasteiger partial charge in [-0.25, -0.2) is 0 Å². The Labute approximate surface area is 189 Å². The molecule has 2 amide bonds. The minimum Gasteiger partial charge on any atom is -0.490 e. The molecule has 0 bridgehead atoms. The van der Waals surface area contributed by atoms with E-state index in [-0.39, 0.29) is 24.5 Å². The lowest BCUT2D eigenvalue weighted by Gasteiger charge is -2.41. The van der Waals surface area contributed by atoms with Crippen molar-refractivity contribution in [2.24, 2.45) is 0 Å². The van der Waals surface area contributed by atoms with Gasteiger partial charge in [-0.15, -0.1) is 0 Å². The highest BCUT2D eigenvalue weighted by Gasteiger charge is 2.30. The van der Waals surface area contributed by atoms with Crippen LogP contribution < -0.4 is 9.64 Å². The van der Waals surface area contributed by atoms with Crippen LogP contribution in [0.3, 0.4) is 0 Å². The summed E-state index contributed by atoms with van der Waals surface area (Å²) in [5.74, 6) is 0.712. The Hall–Kier alpha value is -2.86. The normalized spacial score (nSPS) is 20.8. The van der Waals surface area contributed by atoms with Crippen LogP contribution in [0.2, 0.25) is 0 Å². The van der Waals surface area contributed by atoms with E-state index >= 15 is 0 Å². The topological polar surface area (TPSA) is 53.1 Å². The summed E-state index contributed by atoms with van der Waals surface area (Å²) in [6.45, 7) is 3.39. The number of amides is 2. The summed E-state index contributed by atoms with van der Waals surface area (Å²) >= 11 is 0. The average molecular weight is 434 g/mol. The number of ether oxygens (including phenoxy) is 1. The summed E-state index contributed by atoms with van der Waals surface area (Å²) in [6, 6.07) is 17.8. The second-order valence-electron chi connectivity index (χ2n) is 9.07. The number of anilines is 1. The van der Waals surface area contributed by atoms with Crippen LogP contribution in [0.25, 0.3) is 0 Å². The molecule has 0 radical (unpaired) electrons. The van der Waals surface area contributed by atoms with E-state index in [4.69, 9.17) is 4.74 Å². The zero-order chi connectivity index (χ0) is 21.9. The fourth-order valence-electron chi connectivity index (χ4n) is 4.89. The SMILES string of the molecule is O=C(c1ccccc1)N1CCN(c2ccc(OC3CCN(C4CCC4)CC3)cc2)C(=O)C1. The van der Waals surface area contributed by atoms with Crippen molar-refractivity contribution in [3.05, 3.63) is 60.2 Å².